The molecule has 0 spiro atoms. The van der Waals surface area contributed by atoms with Crippen molar-refractivity contribution in [1.82, 2.24) is 15.1 Å². The molecule has 22 heavy (non-hydrogen) atoms. The zero-order valence-electron chi connectivity index (χ0n) is 13.0. The quantitative estimate of drug-likeness (QED) is 0.923. The maximum Gasteiger partial charge on any atom is 0.239 e. The van der Waals surface area contributed by atoms with E-state index in [1.165, 1.54) is 18.4 Å². The van der Waals surface area contributed by atoms with Crippen LogP contribution in [0.1, 0.15) is 24.8 Å². The fourth-order valence-electron chi connectivity index (χ4n) is 3.25. The highest BCUT2D eigenvalue weighted by Crippen LogP contribution is 2.13. The van der Waals surface area contributed by atoms with Crippen LogP contribution >= 0.6 is 12.4 Å². The average Bonchev–Trinajstić information content (AvgIpc) is 2.57. The van der Waals surface area contributed by atoms with Crippen LogP contribution in [0.15, 0.2) is 30.3 Å². The van der Waals surface area contributed by atoms with Crippen molar-refractivity contribution in [3.63, 3.8) is 0 Å². The van der Waals surface area contributed by atoms with Gasteiger partial charge in [-0.25, -0.2) is 0 Å². The second-order valence-corrected chi connectivity index (χ2v) is 6.09. The number of carbonyl (C=O) groups excluding carboxylic acids is 1. The van der Waals surface area contributed by atoms with Crippen LogP contribution in [-0.2, 0) is 11.3 Å². The van der Waals surface area contributed by atoms with Gasteiger partial charge in [-0.15, -0.1) is 12.4 Å². The molecule has 0 aliphatic carbocycles. The number of amides is 1. The van der Waals surface area contributed by atoms with E-state index in [9.17, 15) is 4.79 Å². The summed E-state index contributed by atoms with van der Waals surface area (Å²) in [6.45, 7) is 5.67. The fourth-order valence-corrected chi connectivity index (χ4v) is 3.25. The minimum absolute atomic E-state index is 0. The van der Waals surface area contributed by atoms with Gasteiger partial charge in [-0.1, -0.05) is 36.8 Å². The molecule has 2 aliphatic rings. The number of hydrogen-bond acceptors (Lipinski definition) is 3. The zero-order chi connectivity index (χ0) is 14.5. The number of hydrogen-bond donors (Lipinski definition) is 1. The standard InChI is InChI=1S/C17H25N3O.ClH/c21-17(16-8-4-5-9-18-16)20-12-10-19(11-13-20)14-15-6-2-1-3-7-15;/h1-3,6-7,16,18H,4-5,8-14H2;1H. The minimum atomic E-state index is 0. The Balaban J connectivity index is 0.00000176. The predicted molar refractivity (Wildman–Crippen MR) is 91.2 cm³/mol. The topological polar surface area (TPSA) is 35.6 Å². The second kappa shape index (κ2) is 8.51. The number of nitrogens with zero attached hydrogens (tertiary/aromatic N) is 2. The lowest BCUT2D eigenvalue weighted by atomic mass is 10.0. The summed E-state index contributed by atoms with van der Waals surface area (Å²) in [5.74, 6) is 0.314. The Labute approximate surface area is 139 Å². The summed E-state index contributed by atoms with van der Waals surface area (Å²) in [6, 6.07) is 10.6. The normalized spacial score (nSPS) is 22.9. The molecule has 2 fully saturated rings. The third kappa shape index (κ3) is 4.45. The minimum Gasteiger partial charge on any atom is -0.339 e. The molecule has 0 saturated carbocycles. The smallest absolute Gasteiger partial charge is 0.239 e. The summed E-state index contributed by atoms with van der Waals surface area (Å²) < 4.78 is 0. The van der Waals surface area contributed by atoms with Crippen LogP contribution in [0.3, 0.4) is 0 Å². The van der Waals surface area contributed by atoms with Crippen LogP contribution in [0.2, 0.25) is 0 Å². The van der Waals surface area contributed by atoms with Crippen molar-refractivity contribution < 1.29 is 4.79 Å². The van der Waals surface area contributed by atoms with E-state index in [1.807, 2.05) is 4.90 Å². The number of nitrogens with one attached hydrogen (secondary N) is 1. The van der Waals surface area contributed by atoms with Gasteiger partial charge < -0.3 is 10.2 Å². The lowest BCUT2D eigenvalue weighted by molar-refractivity contribution is -0.135. The molecule has 0 radical (unpaired) electrons. The number of piperidine rings is 1. The molecule has 1 unspecified atom stereocenters. The molecule has 1 atom stereocenters. The van der Waals surface area contributed by atoms with Crippen molar-refractivity contribution in [1.29, 1.82) is 0 Å². The lowest BCUT2D eigenvalue weighted by Crippen LogP contribution is -2.54. The molecule has 2 heterocycles. The Kier molecular flexibility index (Phi) is 6.68. The summed E-state index contributed by atoms with van der Waals surface area (Å²) in [6.07, 6.45) is 3.38. The highest BCUT2D eigenvalue weighted by atomic mass is 35.5. The third-order valence-electron chi connectivity index (χ3n) is 4.54. The largest absolute Gasteiger partial charge is 0.339 e. The van der Waals surface area contributed by atoms with Gasteiger partial charge in [-0.2, -0.15) is 0 Å². The van der Waals surface area contributed by atoms with Gasteiger partial charge in [0.2, 0.25) is 5.91 Å². The average molecular weight is 324 g/mol. The van der Waals surface area contributed by atoms with Crippen molar-refractivity contribution in [3.8, 4) is 0 Å². The lowest BCUT2D eigenvalue weighted by Gasteiger charge is -2.37. The first-order valence-corrected chi connectivity index (χ1v) is 8.11. The van der Waals surface area contributed by atoms with Gasteiger partial charge in [0.05, 0.1) is 6.04 Å². The summed E-state index contributed by atoms with van der Waals surface area (Å²) in [5.41, 5.74) is 1.35. The molecule has 1 amide bonds. The molecule has 1 aromatic rings. The van der Waals surface area contributed by atoms with E-state index in [0.717, 1.165) is 45.7 Å². The number of carbonyl (C=O) groups is 1. The van der Waals surface area contributed by atoms with Gasteiger partial charge in [0.1, 0.15) is 0 Å². The van der Waals surface area contributed by atoms with E-state index in [2.05, 4.69) is 40.5 Å². The Morgan fingerprint density at radius 3 is 2.45 bits per heavy atom. The van der Waals surface area contributed by atoms with Gasteiger partial charge in [0, 0.05) is 32.7 Å². The molecule has 2 saturated heterocycles. The van der Waals surface area contributed by atoms with Gasteiger partial charge in [0.25, 0.3) is 0 Å². The van der Waals surface area contributed by atoms with Crippen molar-refractivity contribution >= 4 is 18.3 Å². The maximum absolute atomic E-state index is 12.5. The van der Waals surface area contributed by atoms with Gasteiger partial charge >= 0.3 is 0 Å². The Hall–Kier alpha value is -1.10. The Morgan fingerprint density at radius 1 is 1.09 bits per heavy atom. The molecule has 1 N–H and O–H groups in total. The third-order valence-corrected chi connectivity index (χ3v) is 4.54. The predicted octanol–water partition coefficient (Wildman–Crippen LogP) is 1.89. The van der Waals surface area contributed by atoms with E-state index in [0.29, 0.717) is 5.91 Å². The molecule has 1 aromatic carbocycles. The summed E-state index contributed by atoms with van der Waals surface area (Å²) in [4.78, 5) is 16.9. The first kappa shape index (κ1) is 17.3. The van der Waals surface area contributed by atoms with Gasteiger partial charge in [-0.05, 0) is 24.9 Å². The molecule has 4 nitrogen and oxygen atoms in total. The van der Waals surface area contributed by atoms with Crippen LogP contribution in [0.25, 0.3) is 0 Å². The molecule has 3 rings (SSSR count). The Morgan fingerprint density at radius 2 is 1.82 bits per heavy atom. The number of halogens is 1. The van der Waals surface area contributed by atoms with E-state index in [-0.39, 0.29) is 18.4 Å². The van der Waals surface area contributed by atoms with E-state index >= 15 is 0 Å². The van der Waals surface area contributed by atoms with Crippen LogP contribution in [0, 0.1) is 0 Å². The molecule has 5 heteroatoms. The fraction of sp³-hybridized carbons (Fsp3) is 0.588. The Bertz CT molecular complexity index is 454. The summed E-state index contributed by atoms with van der Waals surface area (Å²) >= 11 is 0. The molecule has 0 bridgehead atoms. The maximum atomic E-state index is 12.5. The van der Waals surface area contributed by atoms with Crippen LogP contribution in [0.4, 0.5) is 0 Å². The molecule has 0 aromatic heterocycles. The molecule has 2 aliphatic heterocycles. The summed E-state index contributed by atoms with van der Waals surface area (Å²) in [7, 11) is 0. The summed E-state index contributed by atoms with van der Waals surface area (Å²) in [5, 5.41) is 3.36. The zero-order valence-corrected chi connectivity index (χ0v) is 13.9. The van der Waals surface area contributed by atoms with Crippen LogP contribution in [0.5, 0.6) is 0 Å². The highest BCUT2D eigenvalue weighted by Gasteiger charge is 2.28. The van der Waals surface area contributed by atoms with Gasteiger partial charge in [0.15, 0.2) is 0 Å². The second-order valence-electron chi connectivity index (χ2n) is 6.09. The van der Waals surface area contributed by atoms with Crippen molar-refractivity contribution in [2.45, 2.75) is 31.8 Å². The van der Waals surface area contributed by atoms with Crippen molar-refractivity contribution in [2.24, 2.45) is 0 Å². The van der Waals surface area contributed by atoms with Gasteiger partial charge in [-0.3, -0.25) is 9.69 Å². The first-order valence-electron chi connectivity index (χ1n) is 8.11. The van der Waals surface area contributed by atoms with E-state index in [4.69, 9.17) is 0 Å². The molecular formula is C17H26ClN3O. The SMILES string of the molecule is Cl.O=C(C1CCCCN1)N1CCN(Cc2ccccc2)CC1. The van der Waals surface area contributed by atoms with E-state index < -0.39 is 0 Å². The van der Waals surface area contributed by atoms with Crippen molar-refractivity contribution in [2.75, 3.05) is 32.7 Å². The monoisotopic (exact) mass is 323 g/mol. The number of rotatable bonds is 3. The number of benzene rings is 1. The van der Waals surface area contributed by atoms with E-state index in [1.54, 1.807) is 0 Å². The molecular weight excluding hydrogens is 298 g/mol. The molecule has 122 valence electrons. The first-order chi connectivity index (χ1) is 10.3. The highest BCUT2D eigenvalue weighted by molar-refractivity contribution is 5.85. The van der Waals surface area contributed by atoms with Crippen LogP contribution in [-0.4, -0.2) is 54.5 Å². The van der Waals surface area contributed by atoms with Crippen LogP contribution < -0.4 is 5.32 Å². The number of piperazine rings is 1. The van der Waals surface area contributed by atoms with Crippen molar-refractivity contribution in [3.05, 3.63) is 35.9 Å².